The molecule has 2 amide bonds. The fourth-order valence-electron chi connectivity index (χ4n) is 1.03. The second-order valence-electron chi connectivity index (χ2n) is 3.45. The van der Waals surface area contributed by atoms with Crippen LogP contribution in [0.4, 0.5) is 4.39 Å². The Hall–Kier alpha value is -1.66. The summed E-state index contributed by atoms with van der Waals surface area (Å²) in [5, 5.41) is 3.96. The van der Waals surface area contributed by atoms with E-state index in [0.717, 1.165) is 7.11 Å². The molecule has 0 aliphatic carbocycles. The normalized spacial score (nSPS) is 13.4. The van der Waals surface area contributed by atoms with E-state index in [1.165, 1.54) is 6.92 Å². The number of nitrogens with one attached hydrogen (secondary N) is 2. The molecule has 0 rings (SSSR count). The van der Waals surface area contributed by atoms with E-state index in [-0.39, 0.29) is 6.42 Å². The van der Waals surface area contributed by atoms with E-state index < -0.39 is 30.1 Å². The number of alkyl halides is 1. The predicted molar refractivity (Wildman–Crippen MR) is 57.6 cm³/mol. The SMILES string of the molecule is CCCC(F)NC(=O)C(=O)NC(C)C(=O)OC. The molecule has 0 radical (unpaired) electrons. The van der Waals surface area contributed by atoms with E-state index >= 15 is 0 Å². The minimum absolute atomic E-state index is 0.131. The Morgan fingerprint density at radius 2 is 1.76 bits per heavy atom. The van der Waals surface area contributed by atoms with Gasteiger partial charge in [-0.2, -0.15) is 0 Å². The lowest BCUT2D eigenvalue weighted by Gasteiger charge is -2.12. The number of esters is 1. The van der Waals surface area contributed by atoms with Crippen LogP contribution in [0.3, 0.4) is 0 Å². The summed E-state index contributed by atoms with van der Waals surface area (Å²) in [5.41, 5.74) is 0. The van der Waals surface area contributed by atoms with Crippen molar-refractivity contribution in [2.75, 3.05) is 7.11 Å². The molecule has 98 valence electrons. The average Bonchev–Trinajstić information content (AvgIpc) is 2.27. The van der Waals surface area contributed by atoms with Gasteiger partial charge in [-0.3, -0.25) is 9.59 Å². The zero-order chi connectivity index (χ0) is 13.4. The van der Waals surface area contributed by atoms with Gasteiger partial charge in [0.15, 0.2) is 6.30 Å². The van der Waals surface area contributed by atoms with Crippen LogP contribution in [0, 0.1) is 0 Å². The second kappa shape index (κ2) is 7.59. The summed E-state index contributed by atoms with van der Waals surface area (Å²) in [7, 11) is 1.16. The first-order valence-corrected chi connectivity index (χ1v) is 5.25. The maximum absolute atomic E-state index is 13.0. The molecular formula is C10H17FN2O4. The lowest BCUT2D eigenvalue weighted by atomic mass is 10.3. The molecule has 0 saturated heterocycles. The number of hydrogen-bond acceptors (Lipinski definition) is 4. The Kier molecular flexibility index (Phi) is 6.85. The molecule has 0 aliphatic rings. The molecule has 0 aromatic heterocycles. The van der Waals surface area contributed by atoms with Gasteiger partial charge in [0.2, 0.25) is 0 Å². The van der Waals surface area contributed by atoms with Crippen molar-refractivity contribution in [2.45, 2.75) is 39.0 Å². The number of amides is 2. The van der Waals surface area contributed by atoms with Crippen molar-refractivity contribution in [3.63, 3.8) is 0 Å². The Morgan fingerprint density at radius 1 is 1.24 bits per heavy atom. The lowest BCUT2D eigenvalue weighted by Crippen LogP contribution is -2.48. The fourth-order valence-corrected chi connectivity index (χ4v) is 1.03. The highest BCUT2D eigenvalue weighted by Gasteiger charge is 2.22. The largest absolute Gasteiger partial charge is 0.467 e. The van der Waals surface area contributed by atoms with Crippen molar-refractivity contribution in [3.05, 3.63) is 0 Å². The topological polar surface area (TPSA) is 84.5 Å². The highest BCUT2D eigenvalue weighted by atomic mass is 19.1. The molecule has 0 aromatic carbocycles. The van der Waals surface area contributed by atoms with E-state index in [1.807, 2.05) is 5.32 Å². The highest BCUT2D eigenvalue weighted by Crippen LogP contribution is 1.97. The van der Waals surface area contributed by atoms with E-state index in [2.05, 4.69) is 10.1 Å². The number of carbonyl (C=O) groups excluding carboxylic acids is 3. The van der Waals surface area contributed by atoms with Crippen molar-refractivity contribution in [2.24, 2.45) is 0 Å². The number of hydrogen-bond donors (Lipinski definition) is 2. The number of halogens is 1. The lowest BCUT2D eigenvalue weighted by molar-refractivity contribution is -0.146. The number of rotatable bonds is 5. The standard InChI is InChI=1S/C10H17FN2O4/c1-4-5-7(11)13-9(15)8(14)12-6(2)10(16)17-3/h6-7H,4-5H2,1-3H3,(H,12,14)(H,13,15). The molecule has 7 heteroatoms. The van der Waals surface area contributed by atoms with Crippen LogP contribution in [-0.2, 0) is 19.1 Å². The summed E-state index contributed by atoms with van der Waals surface area (Å²) < 4.78 is 17.3. The molecule has 2 unspecified atom stereocenters. The smallest absolute Gasteiger partial charge is 0.328 e. The van der Waals surface area contributed by atoms with Gasteiger partial charge in [0, 0.05) is 0 Å². The van der Waals surface area contributed by atoms with Crippen molar-refractivity contribution in [1.29, 1.82) is 0 Å². The van der Waals surface area contributed by atoms with Gasteiger partial charge in [-0.25, -0.2) is 9.18 Å². The molecule has 0 heterocycles. The molecule has 0 spiro atoms. The minimum Gasteiger partial charge on any atom is -0.467 e. The van der Waals surface area contributed by atoms with Crippen LogP contribution in [0.15, 0.2) is 0 Å². The first-order valence-electron chi connectivity index (χ1n) is 5.25. The zero-order valence-electron chi connectivity index (χ0n) is 10.1. The minimum atomic E-state index is -1.56. The predicted octanol–water partition coefficient (Wildman–Crippen LogP) is -0.124. The monoisotopic (exact) mass is 248 g/mol. The van der Waals surface area contributed by atoms with Crippen LogP contribution in [0.1, 0.15) is 26.7 Å². The Morgan fingerprint density at radius 3 is 2.24 bits per heavy atom. The molecule has 2 atom stereocenters. The van der Waals surface area contributed by atoms with Crippen molar-refractivity contribution in [3.8, 4) is 0 Å². The van der Waals surface area contributed by atoms with Crippen LogP contribution in [0.2, 0.25) is 0 Å². The van der Waals surface area contributed by atoms with Crippen LogP contribution in [0.5, 0.6) is 0 Å². The zero-order valence-corrected chi connectivity index (χ0v) is 10.1. The fraction of sp³-hybridized carbons (Fsp3) is 0.700. The molecule has 0 bridgehead atoms. The molecule has 0 saturated carbocycles. The number of carbonyl (C=O) groups is 3. The van der Waals surface area contributed by atoms with Crippen LogP contribution in [-0.4, -0.2) is 37.2 Å². The van der Waals surface area contributed by atoms with Gasteiger partial charge in [-0.1, -0.05) is 13.3 Å². The van der Waals surface area contributed by atoms with Gasteiger partial charge in [0.1, 0.15) is 6.04 Å². The van der Waals surface area contributed by atoms with Gasteiger partial charge in [0.05, 0.1) is 7.11 Å². The van der Waals surface area contributed by atoms with Gasteiger partial charge >= 0.3 is 17.8 Å². The van der Waals surface area contributed by atoms with Crippen LogP contribution >= 0.6 is 0 Å². The third-order valence-electron chi connectivity index (χ3n) is 1.94. The molecule has 6 nitrogen and oxygen atoms in total. The summed E-state index contributed by atoms with van der Waals surface area (Å²) in [6.45, 7) is 3.11. The maximum Gasteiger partial charge on any atom is 0.328 e. The molecule has 17 heavy (non-hydrogen) atoms. The maximum atomic E-state index is 13.0. The molecule has 2 N–H and O–H groups in total. The Balaban J connectivity index is 4.14. The van der Waals surface area contributed by atoms with Crippen LogP contribution in [0.25, 0.3) is 0 Å². The number of methoxy groups -OCH3 is 1. The average molecular weight is 248 g/mol. The van der Waals surface area contributed by atoms with E-state index in [9.17, 15) is 18.8 Å². The molecule has 0 aromatic rings. The third-order valence-corrected chi connectivity index (χ3v) is 1.94. The summed E-state index contributed by atoms with van der Waals surface area (Å²) in [6, 6.07) is -0.956. The summed E-state index contributed by atoms with van der Waals surface area (Å²) >= 11 is 0. The van der Waals surface area contributed by atoms with E-state index in [0.29, 0.717) is 6.42 Å². The summed E-state index contributed by atoms with van der Waals surface area (Å²) in [5.74, 6) is -2.86. The van der Waals surface area contributed by atoms with Crippen LogP contribution < -0.4 is 10.6 Å². The third kappa shape index (κ3) is 5.84. The molecular weight excluding hydrogens is 231 g/mol. The highest BCUT2D eigenvalue weighted by molar-refractivity contribution is 6.35. The van der Waals surface area contributed by atoms with Crippen molar-refractivity contribution in [1.82, 2.24) is 10.6 Å². The van der Waals surface area contributed by atoms with Gasteiger partial charge in [-0.05, 0) is 13.3 Å². The Labute approximate surface area is 98.9 Å². The second-order valence-corrected chi connectivity index (χ2v) is 3.45. The van der Waals surface area contributed by atoms with Gasteiger partial charge in [0.25, 0.3) is 0 Å². The molecule has 0 aliphatic heterocycles. The molecule has 0 fully saturated rings. The Bertz CT molecular complexity index is 296. The van der Waals surface area contributed by atoms with E-state index in [1.54, 1.807) is 6.92 Å². The van der Waals surface area contributed by atoms with Crippen molar-refractivity contribution < 1.29 is 23.5 Å². The quantitative estimate of drug-likeness (QED) is 0.403. The first-order chi connectivity index (χ1) is 7.92. The number of ether oxygens (including phenoxy) is 1. The van der Waals surface area contributed by atoms with E-state index in [4.69, 9.17) is 0 Å². The van der Waals surface area contributed by atoms with Gasteiger partial charge in [-0.15, -0.1) is 0 Å². The summed E-state index contributed by atoms with van der Waals surface area (Å²) in [6.07, 6.45) is -0.889. The van der Waals surface area contributed by atoms with Gasteiger partial charge < -0.3 is 15.4 Å². The first kappa shape index (κ1) is 15.3. The van der Waals surface area contributed by atoms with Crippen molar-refractivity contribution >= 4 is 17.8 Å². The summed E-state index contributed by atoms with van der Waals surface area (Å²) in [4.78, 5) is 33.3.